The second kappa shape index (κ2) is 18.8. The van der Waals surface area contributed by atoms with Crippen LogP contribution in [0.5, 0.6) is 11.5 Å². The van der Waals surface area contributed by atoms with E-state index in [0.717, 1.165) is 55.5 Å². The van der Waals surface area contributed by atoms with Gasteiger partial charge >= 0.3 is 0 Å². The Balaban J connectivity index is 1.49. The zero-order chi connectivity index (χ0) is 25.0. The number of ether oxygens (including phenoxy) is 4. The molecule has 6 heteroatoms. The molecule has 0 radical (unpaired) electrons. The van der Waals surface area contributed by atoms with Gasteiger partial charge in [-0.3, -0.25) is 0 Å². The summed E-state index contributed by atoms with van der Waals surface area (Å²) in [4.78, 5) is 0. The number of azo groups is 1. The van der Waals surface area contributed by atoms with Crippen molar-refractivity contribution in [1.82, 2.24) is 0 Å². The lowest BCUT2D eigenvalue weighted by Crippen LogP contribution is -2.17. The molecular formula is C29H44N2O4. The van der Waals surface area contributed by atoms with Crippen molar-refractivity contribution >= 4 is 11.4 Å². The normalized spacial score (nSPS) is 11.4. The molecule has 35 heavy (non-hydrogen) atoms. The van der Waals surface area contributed by atoms with E-state index in [9.17, 15) is 0 Å². The van der Waals surface area contributed by atoms with Crippen molar-refractivity contribution < 1.29 is 18.9 Å². The Morgan fingerprint density at radius 3 is 1.49 bits per heavy atom. The summed E-state index contributed by atoms with van der Waals surface area (Å²) in [6.07, 6.45) is 10.9. The zero-order valence-electron chi connectivity index (χ0n) is 21.9. The molecule has 2 aromatic rings. The molecule has 0 aliphatic carbocycles. The quantitative estimate of drug-likeness (QED) is 0.107. The average molecular weight is 485 g/mol. The second-order valence-electron chi connectivity index (χ2n) is 8.43. The smallest absolute Gasteiger partial charge is 0.157 e. The van der Waals surface area contributed by atoms with Crippen LogP contribution < -0.4 is 9.47 Å². The molecule has 0 heterocycles. The Hall–Kier alpha value is -2.44. The van der Waals surface area contributed by atoms with Gasteiger partial charge in [0.15, 0.2) is 6.29 Å². The van der Waals surface area contributed by atoms with E-state index >= 15 is 0 Å². The van der Waals surface area contributed by atoms with Crippen molar-refractivity contribution in [3.05, 3.63) is 48.5 Å². The first-order valence-corrected chi connectivity index (χ1v) is 13.4. The Morgan fingerprint density at radius 1 is 0.543 bits per heavy atom. The Labute approximate surface area is 212 Å². The molecule has 0 aliphatic rings. The highest BCUT2D eigenvalue weighted by Gasteiger charge is 2.06. The lowest BCUT2D eigenvalue weighted by molar-refractivity contribution is -0.140. The molecule has 194 valence electrons. The molecule has 0 spiro atoms. The van der Waals surface area contributed by atoms with Crippen molar-refractivity contribution in [3.63, 3.8) is 0 Å². The topological polar surface area (TPSA) is 61.6 Å². The fourth-order valence-corrected chi connectivity index (χ4v) is 3.75. The summed E-state index contributed by atoms with van der Waals surface area (Å²) in [5, 5.41) is 8.57. The van der Waals surface area contributed by atoms with Crippen molar-refractivity contribution in [2.75, 3.05) is 26.4 Å². The Kier molecular flexibility index (Phi) is 15.5. The number of unbranched alkanes of at least 4 members (excludes halogenated alkanes) is 7. The van der Waals surface area contributed by atoms with Crippen molar-refractivity contribution in [2.24, 2.45) is 10.2 Å². The third kappa shape index (κ3) is 13.3. The highest BCUT2D eigenvalue weighted by Crippen LogP contribution is 2.23. The third-order valence-electron chi connectivity index (χ3n) is 5.57. The van der Waals surface area contributed by atoms with Crippen molar-refractivity contribution in [2.45, 2.75) is 84.8 Å². The number of hydrogen-bond acceptors (Lipinski definition) is 6. The molecule has 0 amide bonds. The molecule has 0 aliphatic heterocycles. The van der Waals surface area contributed by atoms with Gasteiger partial charge in [-0.25, -0.2) is 0 Å². The lowest BCUT2D eigenvalue weighted by atomic mass is 10.1. The van der Waals surface area contributed by atoms with Crippen LogP contribution in [-0.2, 0) is 9.47 Å². The van der Waals surface area contributed by atoms with E-state index < -0.39 is 0 Å². The monoisotopic (exact) mass is 484 g/mol. The van der Waals surface area contributed by atoms with Crippen LogP contribution in [-0.4, -0.2) is 32.7 Å². The molecule has 0 aromatic heterocycles. The summed E-state index contributed by atoms with van der Waals surface area (Å²) in [6.45, 7) is 8.86. The predicted molar refractivity (Wildman–Crippen MR) is 142 cm³/mol. The van der Waals surface area contributed by atoms with Crippen LogP contribution in [0.25, 0.3) is 0 Å². The average Bonchev–Trinajstić information content (AvgIpc) is 2.88. The third-order valence-corrected chi connectivity index (χ3v) is 5.57. The maximum absolute atomic E-state index is 5.87. The number of hydrogen-bond donors (Lipinski definition) is 0. The molecule has 0 atom stereocenters. The molecule has 0 N–H and O–H groups in total. The summed E-state index contributed by atoms with van der Waals surface area (Å²) in [5.41, 5.74) is 1.60. The SMILES string of the molecule is CCOc1ccc(N=Nc2ccc(OCCCCCCCCCCC(OCC)OCC)cc2)cc1. The molecule has 2 aromatic carbocycles. The number of rotatable bonds is 20. The van der Waals surface area contributed by atoms with Gasteiger partial charge < -0.3 is 18.9 Å². The largest absolute Gasteiger partial charge is 0.494 e. The summed E-state index contributed by atoms with van der Waals surface area (Å²) >= 11 is 0. The van der Waals surface area contributed by atoms with Gasteiger partial charge in [0.1, 0.15) is 11.5 Å². The van der Waals surface area contributed by atoms with Crippen LogP contribution >= 0.6 is 0 Å². The highest BCUT2D eigenvalue weighted by atomic mass is 16.7. The lowest BCUT2D eigenvalue weighted by Gasteiger charge is -2.16. The van der Waals surface area contributed by atoms with E-state index in [-0.39, 0.29) is 6.29 Å². The first-order chi connectivity index (χ1) is 17.2. The molecular weight excluding hydrogens is 440 g/mol. The minimum atomic E-state index is -0.0188. The van der Waals surface area contributed by atoms with E-state index in [4.69, 9.17) is 18.9 Å². The van der Waals surface area contributed by atoms with Gasteiger partial charge in [-0.2, -0.15) is 10.2 Å². The van der Waals surface area contributed by atoms with Crippen LogP contribution in [0.15, 0.2) is 58.8 Å². The first kappa shape index (κ1) is 28.8. The molecule has 6 nitrogen and oxygen atoms in total. The van der Waals surface area contributed by atoms with E-state index in [1.165, 1.54) is 44.9 Å². The van der Waals surface area contributed by atoms with Gasteiger partial charge in [-0.05, 0) is 88.6 Å². The van der Waals surface area contributed by atoms with E-state index in [2.05, 4.69) is 10.2 Å². The summed E-state index contributed by atoms with van der Waals surface area (Å²) in [5.74, 6) is 1.72. The maximum Gasteiger partial charge on any atom is 0.157 e. The van der Waals surface area contributed by atoms with Gasteiger partial charge in [0.05, 0.1) is 24.6 Å². The minimum absolute atomic E-state index is 0.0188. The Bertz CT molecular complexity index is 787. The van der Waals surface area contributed by atoms with E-state index in [0.29, 0.717) is 6.61 Å². The molecule has 0 saturated carbocycles. The molecule has 0 saturated heterocycles. The summed E-state index contributed by atoms with van der Waals surface area (Å²) in [6, 6.07) is 15.4. The fraction of sp³-hybridized carbons (Fsp3) is 0.586. The van der Waals surface area contributed by atoms with Crippen LogP contribution in [0.4, 0.5) is 11.4 Å². The fourth-order valence-electron chi connectivity index (χ4n) is 3.75. The standard InChI is InChI=1S/C29H44N2O4/c1-4-32-27-20-16-25(17-21-27)30-31-26-18-22-28(23-19-26)35-24-14-12-10-8-7-9-11-13-15-29(33-5-2)34-6-3/h16-23,29H,4-15,24H2,1-3H3. The molecule has 0 bridgehead atoms. The van der Waals surface area contributed by atoms with Gasteiger partial charge in [-0.1, -0.05) is 38.5 Å². The van der Waals surface area contributed by atoms with Gasteiger partial charge in [0, 0.05) is 13.2 Å². The number of benzene rings is 2. The zero-order valence-corrected chi connectivity index (χ0v) is 21.9. The number of nitrogens with zero attached hydrogens (tertiary/aromatic N) is 2. The minimum Gasteiger partial charge on any atom is -0.494 e. The van der Waals surface area contributed by atoms with Crippen LogP contribution in [0.1, 0.15) is 78.6 Å². The summed E-state index contributed by atoms with van der Waals surface area (Å²) in [7, 11) is 0. The Morgan fingerprint density at radius 2 is 1.00 bits per heavy atom. The van der Waals surface area contributed by atoms with Crippen LogP contribution in [0.3, 0.4) is 0 Å². The van der Waals surface area contributed by atoms with Gasteiger partial charge in [0.25, 0.3) is 0 Å². The molecule has 2 rings (SSSR count). The van der Waals surface area contributed by atoms with Gasteiger partial charge in [-0.15, -0.1) is 0 Å². The summed E-state index contributed by atoms with van der Waals surface area (Å²) < 4.78 is 22.5. The van der Waals surface area contributed by atoms with Gasteiger partial charge in [0.2, 0.25) is 0 Å². The van der Waals surface area contributed by atoms with E-state index in [1.54, 1.807) is 0 Å². The van der Waals surface area contributed by atoms with Crippen LogP contribution in [0.2, 0.25) is 0 Å². The molecule has 0 fully saturated rings. The second-order valence-corrected chi connectivity index (χ2v) is 8.43. The highest BCUT2D eigenvalue weighted by molar-refractivity contribution is 5.44. The van der Waals surface area contributed by atoms with E-state index in [1.807, 2.05) is 69.3 Å². The maximum atomic E-state index is 5.87. The van der Waals surface area contributed by atoms with Crippen molar-refractivity contribution in [3.8, 4) is 11.5 Å². The first-order valence-electron chi connectivity index (χ1n) is 13.4. The van der Waals surface area contributed by atoms with Crippen LogP contribution in [0, 0.1) is 0 Å². The van der Waals surface area contributed by atoms with Crippen molar-refractivity contribution in [1.29, 1.82) is 0 Å². The molecule has 0 unspecified atom stereocenters. The predicted octanol–water partition coefficient (Wildman–Crippen LogP) is 8.79.